The maximum Gasteiger partial charge on any atom is 0.229 e. The summed E-state index contributed by atoms with van der Waals surface area (Å²) in [6.45, 7) is -0.123. The fraction of sp³-hybridized carbons (Fsp3) is 0.167. The summed E-state index contributed by atoms with van der Waals surface area (Å²) in [4.78, 5) is 13.3. The van der Waals surface area contributed by atoms with E-state index >= 15 is 0 Å². The van der Waals surface area contributed by atoms with Crippen LogP contribution in [-0.4, -0.2) is 9.91 Å². The maximum atomic E-state index is 9.95. The van der Waals surface area contributed by atoms with E-state index < -0.39 is 0 Å². The van der Waals surface area contributed by atoms with Crippen molar-refractivity contribution < 1.29 is 4.92 Å². The fourth-order valence-corrected chi connectivity index (χ4v) is 0.637. The van der Waals surface area contributed by atoms with E-state index in [9.17, 15) is 10.1 Å². The summed E-state index contributed by atoms with van der Waals surface area (Å²) >= 11 is 0. The first-order valence-corrected chi connectivity index (χ1v) is 2.80. The third-order valence-corrected chi connectivity index (χ3v) is 1.06. The molecule has 0 N–H and O–H groups in total. The second-order valence-electron chi connectivity index (χ2n) is 1.85. The van der Waals surface area contributed by atoms with Crippen LogP contribution in [0.25, 0.3) is 0 Å². The van der Waals surface area contributed by atoms with Crippen LogP contribution in [0.1, 0.15) is 5.56 Å². The van der Waals surface area contributed by atoms with Gasteiger partial charge in [0, 0.05) is 22.9 Å². The van der Waals surface area contributed by atoms with Crippen molar-refractivity contribution in [2.24, 2.45) is 0 Å². The Morgan fingerprint density at radius 3 is 2.60 bits per heavy atom. The number of pyridine rings is 1. The second-order valence-corrected chi connectivity index (χ2v) is 1.85. The predicted molar refractivity (Wildman–Crippen MR) is 34.9 cm³/mol. The molecule has 1 rings (SSSR count). The highest BCUT2D eigenvalue weighted by Crippen LogP contribution is 1.96. The van der Waals surface area contributed by atoms with E-state index in [-0.39, 0.29) is 11.5 Å². The van der Waals surface area contributed by atoms with Crippen LogP contribution >= 0.6 is 0 Å². The first kappa shape index (κ1) is 6.67. The molecule has 0 bridgehead atoms. The van der Waals surface area contributed by atoms with Gasteiger partial charge in [-0.15, -0.1) is 0 Å². The Morgan fingerprint density at radius 2 is 2.10 bits per heavy atom. The molecule has 0 amide bonds. The highest BCUT2D eigenvalue weighted by Gasteiger charge is 1.97. The van der Waals surface area contributed by atoms with Crippen LogP contribution in [0.2, 0.25) is 0 Å². The molecule has 1 heterocycles. The third-order valence-electron chi connectivity index (χ3n) is 1.06. The molecule has 0 aliphatic carbocycles. The summed E-state index contributed by atoms with van der Waals surface area (Å²) in [7, 11) is 0. The number of hydrogen-bond donors (Lipinski definition) is 0. The number of nitro groups is 1. The Bertz CT molecular complexity index is 222. The zero-order valence-electron chi connectivity index (χ0n) is 5.23. The molecule has 0 saturated heterocycles. The molecule has 0 aliphatic rings. The van der Waals surface area contributed by atoms with Crippen molar-refractivity contribution in [2.45, 2.75) is 6.54 Å². The van der Waals surface area contributed by atoms with Gasteiger partial charge < -0.3 is 0 Å². The largest absolute Gasteiger partial charge is 0.265 e. The Balaban J connectivity index is 2.67. The van der Waals surface area contributed by atoms with Crippen molar-refractivity contribution in [1.29, 1.82) is 0 Å². The lowest BCUT2D eigenvalue weighted by molar-refractivity contribution is -0.496. The van der Waals surface area contributed by atoms with Crippen molar-refractivity contribution >= 4 is 0 Å². The van der Waals surface area contributed by atoms with Gasteiger partial charge in [-0.1, -0.05) is 0 Å². The molecule has 0 aromatic carbocycles. The van der Waals surface area contributed by atoms with E-state index in [1.54, 1.807) is 24.5 Å². The van der Waals surface area contributed by atoms with Gasteiger partial charge in [0.1, 0.15) is 0 Å². The number of rotatable bonds is 2. The SMILES string of the molecule is O=[N+]([O-])Cc1ccncc1. The van der Waals surface area contributed by atoms with Gasteiger partial charge in [-0.25, -0.2) is 0 Å². The average molecular weight is 138 g/mol. The van der Waals surface area contributed by atoms with Crippen molar-refractivity contribution in [2.75, 3.05) is 0 Å². The molecule has 4 heteroatoms. The van der Waals surface area contributed by atoms with Crippen LogP contribution in [0.15, 0.2) is 24.5 Å². The molecule has 0 radical (unpaired) electrons. The first-order chi connectivity index (χ1) is 4.79. The van der Waals surface area contributed by atoms with E-state index in [2.05, 4.69) is 4.98 Å². The monoisotopic (exact) mass is 138 g/mol. The maximum absolute atomic E-state index is 9.95. The van der Waals surface area contributed by atoms with Crippen molar-refractivity contribution in [1.82, 2.24) is 4.98 Å². The molecule has 1 aromatic heterocycles. The molecular formula is C6H6N2O2. The van der Waals surface area contributed by atoms with Crippen molar-refractivity contribution in [3.05, 3.63) is 40.2 Å². The van der Waals surface area contributed by atoms with Gasteiger partial charge in [0.05, 0.1) is 0 Å². The number of hydrogen-bond acceptors (Lipinski definition) is 3. The molecular weight excluding hydrogens is 132 g/mol. The van der Waals surface area contributed by atoms with Gasteiger partial charge in [0.2, 0.25) is 6.54 Å². The number of nitrogens with zero attached hydrogens (tertiary/aromatic N) is 2. The molecule has 0 atom stereocenters. The van der Waals surface area contributed by atoms with Crippen LogP contribution in [0, 0.1) is 10.1 Å². The second kappa shape index (κ2) is 2.91. The molecule has 0 spiro atoms. The Hall–Kier alpha value is -1.45. The third kappa shape index (κ3) is 1.81. The smallest absolute Gasteiger partial charge is 0.229 e. The summed E-state index contributed by atoms with van der Waals surface area (Å²) in [6.07, 6.45) is 3.08. The minimum Gasteiger partial charge on any atom is -0.265 e. The lowest BCUT2D eigenvalue weighted by Crippen LogP contribution is -1.97. The summed E-state index contributed by atoms with van der Waals surface area (Å²) in [5, 5.41) is 9.95. The molecule has 10 heavy (non-hydrogen) atoms. The lowest BCUT2D eigenvalue weighted by Gasteiger charge is -1.90. The summed E-state index contributed by atoms with van der Waals surface area (Å²) < 4.78 is 0. The minimum absolute atomic E-state index is 0.123. The first-order valence-electron chi connectivity index (χ1n) is 2.80. The summed E-state index contributed by atoms with van der Waals surface area (Å²) in [5.74, 6) is 0. The van der Waals surface area contributed by atoms with E-state index in [0.717, 1.165) is 0 Å². The number of aromatic nitrogens is 1. The lowest BCUT2D eigenvalue weighted by atomic mass is 10.3. The highest BCUT2D eigenvalue weighted by atomic mass is 16.6. The van der Waals surface area contributed by atoms with Crippen LogP contribution in [-0.2, 0) is 6.54 Å². The van der Waals surface area contributed by atoms with Gasteiger partial charge in [-0.2, -0.15) is 0 Å². The molecule has 4 nitrogen and oxygen atoms in total. The topological polar surface area (TPSA) is 56.0 Å². The predicted octanol–water partition coefficient (Wildman–Crippen LogP) is 0.858. The zero-order valence-corrected chi connectivity index (χ0v) is 5.23. The van der Waals surface area contributed by atoms with E-state index in [1.807, 2.05) is 0 Å². The van der Waals surface area contributed by atoms with Crippen molar-refractivity contribution in [3.63, 3.8) is 0 Å². The van der Waals surface area contributed by atoms with Crippen LogP contribution in [0.4, 0.5) is 0 Å². The van der Waals surface area contributed by atoms with E-state index in [4.69, 9.17) is 0 Å². The molecule has 0 unspecified atom stereocenters. The summed E-state index contributed by atoms with van der Waals surface area (Å²) in [6, 6.07) is 3.26. The Kier molecular flexibility index (Phi) is 1.94. The van der Waals surface area contributed by atoms with Gasteiger partial charge in [0.15, 0.2) is 0 Å². The van der Waals surface area contributed by atoms with E-state index in [0.29, 0.717) is 5.56 Å². The quantitative estimate of drug-likeness (QED) is 0.449. The van der Waals surface area contributed by atoms with Gasteiger partial charge in [0.25, 0.3) is 0 Å². The fourth-order valence-electron chi connectivity index (χ4n) is 0.637. The molecule has 52 valence electrons. The average Bonchev–Trinajstić information content (AvgIpc) is 1.88. The van der Waals surface area contributed by atoms with Crippen LogP contribution in [0.3, 0.4) is 0 Å². The minimum atomic E-state index is -0.366. The van der Waals surface area contributed by atoms with Crippen LogP contribution in [0.5, 0.6) is 0 Å². The standard InChI is InChI=1S/C6H6N2O2/c9-8(10)5-6-1-3-7-4-2-6/h1-4H,5H2. The normalized spacial score (nSPS) is 9.20. The van der Waals surface area contributed by atoms with Crippen molar-refractivity contribution in [3.8, 4) is 0 Å². The van der Waals surface area contributed by atoms with Gasteiger partial charge in [-0.05, 0) is 12.1 Å². The molecule has 0 aliphatic heterocycles. The van der Waals surface area contributed by atoms with Crippen LogP contribution < -0.4 is 0 Å². The molecule has 0 saturated carbocycles. The Morgan fingerprint density at radius 1 is 1.50 bits per heavy atom. The Labute approximate surface area is 57.7 Å². The highest BCUT2D eigenvalue weighted by molar-refractivity contribution is 5.07. The molecule has 0 fully saturated rings. The summed E-state index contributed by atoms with van der Waals surface area (Å²) in [5.41, 5.74) is 0.681. The zero-order chi connectivity index (χ0) is 7.40. The van der Waals surface area contributed by atoms with Gasteiger partial charge in [-0.3, -0.25) is 15.1 Å². The van der Waals surface area contributed by atoms with Gasteiger partial charge >= 0.3 is 0 Å². The molecule has 1 aromatic rings. The van der Waals surface area contributed by atoms with E-state index in [1.165, 1.54) is 0 Å².